The van der Waals surface area contributed by atoms with E-state index in [-0.39, 0.29) is 5.82 Å². The van der Waals surface area contributed by atoms with Crippen molar-refractivity contribution in [1.82, 2.24) is 0 Å². The van der Waals surface area contributed by atoms with Crippen LogP contribution in [0.25, 0.3) is 10.8 Å². The highest BCUT2D eigenvalue weighted by Gasteiger charge is 2.08. The fourth-order valence-corrected chi connectivity index (χ4v) is 2.04. The Bertz CT molecular complexity index is 491. The molecule has 0 aliphatic carbocycles. The maximum Gasteiger partial charge on any atom is 0.153 e. The lowest BCUT2D eigenvalue weighted by Gasteiger charge is -2.10. The van der Waals surface area contributed by atoms with Crippen LogP contribution in [0.2, 0.25) is 6.82 Å². The number of aryl methyl sites for hydroxylation is 1. The van der Waals surface area contributed by atoms with Crippen molar-refractivity contribution in [3.05, 3.63) is 41.7 Å². The minimum atomic E-state index is -0.133. The Balaban J connectivity index is 2.87. The molecule has 2 heteroatoms. The van der Waals surface area contributed by atoms with Crippen molar-refractivity contribution in [2.24, 2.45) is 0 Å². The molecule has 75 valence electrons. The van der Waals surface area contributed by atoms with Crippen molar-refractivity contribution in [3.8, 4) is 0 Å². The first-order chi connectivity index (χ1) is 7.27. The van der Waals surface area contributed by atoms with Crippen molar-refractivity contribution in [2.45, 2.75) is 20.2 Å². The molecule has 0 nitrogen and oxygen atoms in total. The number of rotatable bonds is 2. The van der Waals surface area contributed by atoms with Crippen molar-refractivity contribution in [3.63, 3.8) is 0 Å². The monoisotopic (exact) mass is 199 g/mol. The van der Waals surface area contributed by atoms with Gasteiger partial charge in [0.25, 0.3) is 0 Å². The Kier molecular flexibility index (Phi) is 2.76. The minimum absolute atomic E-state index is 0.133. The molecule has 0 heterocycles. The molecule has 1 radical (unpaired) electrons. The van der Waals surface area contributed by atoms with Crippen molar-refractivity contribution >= 4 is 23.5 Å². The molecule has 0 amide bonds. The third-order valence-corrected chi connectivity index (χ3v) is 2.79. The Morgan fingerprint density at radius 1 is 1.20 bits per heavy atom. The van der Waals surface area contributed by atoms with E-state index in [2.05, 4.69) is 13.0 Å². The van der Waals surface area contributed by atoms with Crippen LogP contribution < -0.4 is 5.46 Å². The molecule has 0 aromatic heterocycles. The molecule has 0 unspecified atom stereocenters. The zero-order valence-electron chi connectivity index (χ0n) is 9.05. The summed E-state index contributed by atoms with van der Waals surface area (Å²) in [5, 5.41) is 2.17. The summed E-state index contributed by atoms with van der Waals surface area (Å²) in [7, 11) is 1.84. The molecule has 2 aromatic rings. The third-order valence-electron chi connectivity index (χ3n) is 2.79. The Hall–Kier alpha value is -1.31. The molecule has 0 saturated heterocycles. The number of fused-ring (bicyclic) bond motifs is 1. The SMILES string of the molecule is C[B]c1c(F)ccc2cccc(CC)c12. The molecule has 0 aliphatic heterocycles. The van der Waals surface area contributed by atoms with Crippen molar-refractivity contribution < 1.29 is 4.39 Å². The Morgan fingerprint density at radius 3 is 2.67 bits per heavy atom. The molecular weight excluding hydrogens is 186 g/mol. The summed E-state index contributed by atoms with van der Waals surface area (Å²) in [5.41, 5.74) is 1.94. The van der Waals surface area contributed by atoms with Gasteiger partial charge in [-0.25, -0.2) is 4.39 Å². The van der Waals surface area contributed by atoms with E-state index in [1.165, 1.54) is 11.6 Å². The van der Waals surface area contributed by atoms with Gasteiger partial charge in [-0.15, -0.1) is 0 Å². The summed E-state index contributed by atoms with van der Waals surface area (Å²) in [5.74, 6) is -0.133. The van der Waals surface area contributed by atoms with Crippen LogP contribution in [0.3, 0.4) is 0 Å². The van der Waals surface area contributed by atoms with E-state index in [1.54, 1.807) is 0 Å². The van der Waals surface area contributed by atoms with Gasteiger partial charge in [0.1, 0.15) is 5.82 Å². The van der Waals surface area contributed by atoms with Gasteiger partial charge in [0.15, 0.2) is 7.28 Å². The molecular formula is C13H13BF. The summed E-state index contributed by atoms with van der Waals surface area (Å²) in [6.45, 7) is 3.98. The summed E-state index contributed by atoms with van der Waals surface area (Å²) < 4.78 is 13.6. The zero-order valence-corrected chi connectivity index (χ0v) is 9.05. The molecule has 0 saturated carbocycles. The van der Waals surface area contributed by atoms with Crippen LogP contribution in [0.5, 0.6) is 0 Å². The summed E-state index contributed by atoms with van der Waals surface area (Å²) >= 11 is 0. The number of halogens is 1. The van der Waals surface area contributed by atoms with Gasteiger partial charge >= 0.3 is 0 Å². The van der Waals surface area contributed by atoms with Gasteiger partial charge in [-0.05, 0) is 34.3 Å². The van der Waals surface area contributed by atoms with Crippen LogP contribution in [-0.4, -0.2) is 7.28 Å². The molecule has 2 aromatic carbocycles. The number of hydrogen-bond acceptors (Lipinski definition) is 0. The quantitative estimate of drug-likeness (QED) is 0.652. The van der Waals surface area contributed by atoms with Crippen molar-refractivity contribution in [2.75, 3.05) is 0 Å². The molecule has 0 fully saturated rings. The van der Waals surface area contributed by atoms with E-state index in [0.717, 1.165) is 22.7 Å². The second-order valence-electron chi connectivity index (χ2n) is 3.62. The molecule has 0 spiro atoms. The largest absolute Gasteiger partial charge is 0.208 e. The van der Waals surface area contributed by atoms with Crippen LogP contribution >= 0.6 is 0 Å². The second-order valence-corrected chi connectivity index (χ2v) is 3.62. The Morgan fingerprint density at radius 2 is 2.00 bits per heavy atom. The maximum atomic E-state index is 13.6. The first kappa shape index (κ1) is 10.2. The van der Waals surface area contributed by atoms with Gasteiger partial charge in [-0.1, -0.05) is 38.0 Å². The lowest BCUT2D eigenvalue weighted by Crippen LogP contribution is -2.17. The van der Waals surface area contributed by atoms with Crippen LogP contribution in [0, 0.1) is 5.82 Å². The highest BCUT2D eigenvalue weighted by Crippen LogP contribution is 2.18. The average Bonchev–Trinajstić information content (AvgIpc) is 2.28. The van der Waals surface area contributed by atoms with E-state index in [0.29, 0.717) is 0 Å². The predicted molar refractivity (Wildman–Crippen MR) is 64.5 cm³/mol. The molecule has 0 atom stereocenters. The van der Waals surface area contributed by atoms with E-state index < -0.39 is 0 Å². The highest BCUT2D eigenvalue weighted by atomic mass is 19.1. The van der Waals surface area contributed by atoms with Crippen LogP contribution in [0.4, 0.5) is 4.39 Å². The van der Waals surface area contributed by atoms with E-state index in [9.17, 15) is 4.39 Å². The van der Waals surface area contributed by atoms with Gasteiger partial charge in [-0.2, -0.15) is 0 Å². The summed E-state index contributed by atoms with van der Waals surface area (Å²) in [4.78, 5) is 0. The minimum Gasteiger partial charge on any atom is -0.208 e. The number of hydrogen-bond donors (Lipinski definition) is 0. The van der Waals surface area contributed by atoms with Crippen molar-refractivity contribution in [1.29, 1.82) is 0 Å². The van der Waals surface area contributed by atoms with E-state index >= 15 is 0 Å². The van der Waals surface area contributed by atoms with E-state index in [4.69, 9.17) is 0 Å². The van der Waals surface area contributed by atoms with Gasteiger partial charge in [0, 0.05) is 0 Å². The smallest absolute Gasteiger partial charge is 0.153 e. The van der Waals surface area contributed by atoms with Crippen LogP contribution in [0.15, 0.2) is 30.3 Å². The maximum absolute atomic E-state index is 13.6. The normalized spacial score (nSPS) is 10.6. The fraction of sp³-hybridized carbons (Fsp3) is 0.231. The number of benzene rings is 2. The first-order valence-corrected chi connectivity index (χ1v) is 5.27. The topological polar surface area (TPSA) is 0 Å². The molecule has 2 rings (SSSR count). The van der Waals surface area contributed by atoms with Gasteiger partial charge in [0.2, 0.25) is 0 Å². The van der Waals surface area contributed by atoms with E-state index in [1.807, 2.05) is 32.3 Å². The molecule has 0 aliphatic rings. The summed E-state index contributed by atoms with van der Waals surface area (Å²) in [6.07, 6.45) is 0.932. The third kappa shape index (κ3) is 1.65. The molecule has 15 heavy (non-hydrogen) atoms. The zero-order chi connectivity index (χ0) is 10.8. The predicted octanol–water partition coefficient (Wildman–Crippen LogP) is 2.92. The molecule has 0 N–H and O–H groups in total. The lowest BCUT2D eigenvalue weighted by molar-refractivity contribution is 0.637. The first-order valence-electron chi connectivity index (χ1n) is 5.27. The van der Waals surface area contributed by atoms with Crippen LogP contribution in [0.1, 0.15) is 12.5 Å². The lowest BCUT2D eigenvalue weighted by atomic mass is 9.70. The van der Waals surface area contributed by atoms with Gasteiger partial charge in [-0.3, -0.25) is 0 Å². The second kappa shape index (κ2) is 4.05. The summed E-state index contributed by atoms with van der Waals surface area (Å²) in [6, 6.07) is 9.50. The highest BCUT2D eigenvalue weighted by molar-refractivity contribution is 6.56. The van der Waals surface area contributed by atoms with Gasteiger partial charge < -0.3 is 0 Å². The Labute approximate surface area is 90.4 Å². The average molecular weight is 199 g/mol. The fourth-order valence-electron chi connectivity index (χ4n) is 2.04. The van der Waals surface area contributed by atoms with Crippen LogP contribution in [-0.2, 0) is 6.42 Å². The molecule has 0 bridgehead atoms. The van der Waals surface area contributed by atoms with Gasteiger partial charge in [0.05, 0.1) is 0 Å². The standard InChI is InChI=1S/C13H13BF/c1-3-9-5-4-6-10-7-8-11(15)13(14-2)12(9)10/h4-8H,3H2,1-2H3.